The fraction of sp³-hybridized carbons (Fsp3) is 0.241. The quantitative estimate of drug-likeness (QED) is 0.343. The molecule has 198 valence electrons. The van der Waals surface area contributed by atoms with Crippen LogP contribution in [0.25, 0.3) is 0 Å². The van der Waals surface area contributed by atoms with Gasteiger partial charge in [-0.15, -0.1) is 0 Å². The lowest BCUT2D eigenvalue weighted by molar-refractivity contribution is -0.130. The van der Waals surface area contributed by atoms with Gasteiger partial charge in [-0.2, -0.15) is 0 Å². The van der Waals surface area contributed by atoms with Gasteiger partial charge in [0, 0.05) is 17.3 Å². The summed E-state index contributed by atoms with van der Waals surface area (Å²) in [7, 11) is 0. The maximum absolute atomic E-state index is 14.4. The summed E-state index contributed by atoms with van der Waals surface area (Å²) in [4.78, 5) is 54.7. The maximum atomic E-state index is 14.4. The molecule has 2 fully saturated rings. The number of nitrogens with zero attached hydrogens (tertiary/aromatic N) is 1. The molecule has 3 aromatic carbocycles. The van der Waals surface area contributed by atoms with Crippen LogP contribution in [0.4, 0.5) is 15.8 Å². The minimum absolute atomic E-state index is 0.0802. The summed E-state index contributed by atoms with van der Waals surface area (Å²) in [5, 5.41) is 15.7. The smallest absolute Gasteiger partial charge is 0.338 e. The number of aromatic hydroxyl groups is 1. The number of phenols is 1. The van der Waals surface area contributed by atoms with Gasteiger partial charge in [0.1, 0.15) is 17.1 Å². The average Bonchev–Trinajstić information content (AvgIpc) is 3.50. The van der Waals surface area contributed by atoms with E-state index in [1.54, 1.807) is 19.1 Å². The largest absolute Gasteiger partial charge is 0.508 e. The predicted molar refractivity (Wildman–Crippen MR) is 137 cm³/mol. The molecule has 3 aromatic rings. The third-order valence-corrected chi connectivity index (χ3v) is 7.71. The molecule has 3 N–H and O–H groups in total. The molecule has 0 radical (unpaired) electrons. The van der Waals surface area contributed by atoms with Gasteiger partial charge < -0.3 is 15.2 Å². The van der Waals surface area contributed by atoms with E-state index in [2.05, 4.69) is 10.6 Å². The van der Waals surface area contributed by atoms with Crippen molar-refractivity contribution >= 4 is 35.1 Å². The second-order valence-corrected chi connectivity index (χ2v) is 9.86. The second kappa shape index (κ2) is 9.02. The fourth-order valence-electron chi connectivity index (χ4n) is 6.05. The predicted octanol–water partition coefficient (Wildman–Crippen LogP) is 2.88. The Morgan fingerprint density at radius 1 is 1.03 bits per heavy atom. The molecule has 10 heteroatoms. The first-order valence-corrected chi connectivity index (χ1v) is 12.6. The highest BCUT2D eigenvalue weighted by Crippen LogP contribution is 2.54. The molecule has 1 spiro atoms. The van der Waals surface area contributed by atoms with E-state index in [1.807, 2.05) is 0 Å². The Morgan fingerprint density at radius 2 is 1.74 bits per heavy atom. The van der Waals surface area contributed by atoms with Gasteiger partial charge in [0.15, 0.2) is 0 Å². The third-order valence-electron chi connectivity index (χ3n) is 7.71. The zero-order valence-electron chi connectivity index (χ0n) is 20.8. The van der Waals surface area contributed by atoms with Gasteiger partial charge in [-0.3, -0.25) is 19.7 Å². The van der Waals surface area contributed by atoms with Crippen molar-refractivity contribution in [1.82, 2.24) is 5.32 Å². The van der Waals surface area contributed by atoms with Crippen LogP contribution in [-0.2, 0) is 31.1 Å². The molecule has 4 atom stereocenters. The van der Waals surface area contributed by atoms with E-state index in [-0.39, 0.29) is 35.6 Å². The molecule has 3 aliphatic heterocycles. The normalized spacial score (nSPS) is 25.1. The molecular weight excluding hydrogens is 505 g/mol. The average molecular weight is 530 g/mol. The Labute approximate surface area is 222 Å². The van der Waals surface area contributed by atoms with E-state index >= 15 is 0 Å². The molecular formula is C29H24FN3O6. The first kappa shape index (κ1) is 24.7. The number of imide groups is 1. The Kier molecular flexibility index (Phi) is 5.72. The minimum atomic E-state index is -1.66. The number of benzene rings is 3. The number of ether oxygens (including phenoxy) is 1. The lowest BCUT2D eigenvalue weighted by Gasteiger charge is -2.29. The summed E-state index contributed by atoms with van der Waals surface area (Å²) in [6.07, 6.45) is 0.274. The minimum Gasteiger partial charge on any atom is -0.508 e. The summed E-state index contributed by atoms with van der Waals surface area (Å²) in [5.41, 5.74) is 0.283. The fourth-order valence-corrected chi connectivity index (χ4v) is 6.05. The molecule has 6 rings (SSSR count). The lowest BCUT2D eigenvalue weighted by Crippen LogP contribution is -2.53. The second-order valence-electron chi connectivity index (χ2n) is 9.86. The first-order chi connectivity index (χ1) is 18.7. The van der Waals surface area contributed by atoms with E-state index in [0.29, 0.717) is 5.69 Å². The number of rotatable bonds is 5. The molecule has 3 amide bonds. The Hall–Kier alpha value is -4.57. The van der Waals surface area contributed by atoms with Crippen LogP contribution < -0.4 is 15.5 Å². The van der Waals surface area contributed by atoms with Crippen molar-refractivity contribution in [1.29, 1.82) is 0 Å². The van der Waals surface area contributed by atoms with Crippen molar-refractivity contribution in [2.75, 3.05) is 16.8 Å². The van der Waals surface area contributed by atoms with Gasteiger partial charge in [-0.1, -0.05) is 12.1 Å². The summed E-state index contributed by atoms with van der Waals surface area (Å²) in [6, 6.07) is 15.6. The number of phenolic OH excluding ortho intramolecular Hbond substituents is 1. The maximum Gasteiger partial charge on any atom is 0.338 e. The van der Waals surface area contributed by atoms with Crippen LogP contribution in [0.1, 0.15) is 28.4 Å². The number of anilines is 2. The lowest BCUT2D eigenvalue weighted by atomic mass is 9.76. The SMILES string of the molecule is CCOC(=O)c1ccc(N2C(=O)C3C(Cc4ccc(O)cc4)NC4(C(=O)Nc5ccc(F)cc54)C3C2=O)cc1. The number of halogens is 1. The van der Waals surface area contributed by atoms with Gasteiger partial charge in [-0.25, -0.2) is 14.1 Å². The molecule has 0 aliphatic carbocycles. The number of esters is 1. The molecule has 0 bridgehead atoms. The van der Waals surface area contributed by atoms with Crippen molar-refractivity contribution in [2.24, 2.45) is 11.8 Å². The summed E-state index contributed by atoms with van der Waals surface area (Å²) in [5.74, 6) is -4.73. The van der Waals surface area contributed by atoms with Crippen molar-refractivity contribution in [3.63, 3.8) is 0 Å². The topological polar surface area (TPSA) is 125 Å². The van der Waals surface area contributed by atoms with E-state index in [4.69, 9.17) is 4.74 Å². The van der Waals surface area contributed by atoms with Crippen LogP contribution in [0.15, 0.2) is 66.7 Å². The molecule has 9 nitrogen and oxygen atoms in total. The van der Waals surface area contributed by atoms with Crippen molar-refractivity contribution in [3.05, 3.63) is 89.2 Å². The molecule has 0 aromatic heterocycles. The van der Waals surface area contributed by atoms with Crippen LogP contribution in [0.2, 0.25) is 0 Å². The van der Waals surface area contributed by atoms with Crippen LogP contribution in [-0.4, -0.2) is 41.4 Å². The number of carbonyl (C=O) groups is 4. The molecule has 0 saturated carbocycles. The number of nitrogens with one attached hydrogen (secondary N) is 2. The standard InChI is InChI=1S/C29H24FN3O6/c1-2-39-27(37)16-5-8-18(9-6-16)33-25(35)23-22(13-15-3-10-19(34)11-4-15)32-29(24(23)26(33)36)20-14-17(30)7-12-21(20)31-28(29)38/h3-12,14,22-24,32,34H,2,13H2,1H3,(H,31,38). The third kappa shape index (κ3) is 3.70. The number of carbonyl (C=O) groups excluding carboxylic acids is 4. The molecule has 39 heavy (non-hydrogen) atoms. The van der Waals surface area contributed by atoms with Crippen LogP contribution >= 0.6 is 0 Å². The summed E-state index contributed by atoms with van der Waals surface area (Å²) >= 11 is 0. The van der Waals surface area contributed by atoms with Crippen molar-refractivity contribution in [3.8, 4) is 5.75 Å². The van der Waals surface area contributed by atoms with Crippen molar-refractivity contribution < 1.29 is 33.4 Å². The summed E-state index contributed by atoms with van der Waals surface area (Å²) < 4.78 is 19.4. The van der Waals surface area contributed by atoms with Gasteiger partial charge in [0.2, 0.25) is 17.7 Å². The summed E-state index contributed by atoms with van der Waals surface area (Å²) in [6.45, 7) is 1.89. The van der Waals surface area contributed by atoms with Crippen LogP contribution in [0, 0.1) is 17.7 Å². The molecule has 3 aliphatic rings. The van der Waals surface area contributed by atoms with Crippen LogP contribution in [0.5, 0.6) is 5.75 Å². The van der Waals surface area contributed by atoms with Gasteiger partial charge in [0.25, 0.3) is 0 Å². The highest BCUT2D eigenvalue weighted by atomic mass is 19.1. The first-order valence-electron chi connectivity index (χ1n) is 12.6. The van der Waals surface area contributed by atoms with Crippen LogP contribution in [0.3, 0.4) is 0 Å². The number of hydrogen-bond donors (Lipinski definition) is 3. The van der Waals surface area contributed by atoms with E-state index in [0.717, 1.165) is 10.5 Å². The number of hydrogen-bond acceptors (Lipinski definition) is 7. The molecule has 2 saturated heterocycles. The Bertz CT molecular complexity index is 1520. The van der Waals surface area contributed by atoms with E-state index < -0.39 is 52.9 Å². The van der Waals surface area contributed by atoms with Gasteiger partial charge >= 0.3 is 5.97 Å². The zero-order valence-corrected chi connectivity index (χ0v) is 20.8. The Morgan fingerprint density at radius 3 is 2.44 bits per heavy atom. The zero-order chi connectivity index (χ0) is 27.5. The van der Waals surface area contributed by atoms with Gasteiger partial charge in [-0.05, 0) is 73.5 Å². The Balaban J connectivity index is 1.43. The van der Waals surface area contributed by atoms with E-state index in [1.165, 1.54) is 54.6 Å². The van der Waals surface area contributed by atoms with E-state index in [9.17, 15) is 28.7 Å². The highest BCUT2D eigenvalue weighted by Gasteiger charge is 2.70. The monoisotopic (exact) mass is 529 g/mol. The highest BCUT2D eigenvalue weighted by molar-refractivity contribution is 6.25. The number of fused-ring (bicyclic) bond motifs is 4. The van der Waals surface area contributed by atoms with Gasteiger partial charge in [0.05, 0.1) is 29.7 Å². The molecule has 3 heterocycles. The van der Waals surface area contributed by atoms with Crippen molar-refractivity contribution in [2.45, 2.75) is 24.9 Å². The number of amides is 3. The molecule has 4 unspecified atom stereocenters.